The maximum atomic E-state index is 14.2. The summed E-state index contributed by atoms with van der Waals surface area (Å²) in [4.78, 5) is 74.0. The van der Waals surface area contributed by atoms with Gasteiger partial charge in [0.05, 0.1) is 29.5 Å². The Morgan fingerprint density at radius 3 is 2.51 bits per heavy atom. The van der Waals surface area contributed by atoms with Crippen molar-refractivity contribution >= 4 is 35.1 Å². The van der Waals surface area contributed by atoms with Crippen LogP contribution in [0, 0.1) is 5.92 Å². The zero-order chi connectivity index (χ0) is 31.3. The van der Waals surface area contributed by atoms with Crippen LogP contribution in [0.25, 0.3) is 0 Å². The Morgan fingerprint density at radius 2 is 1.88 bits per heavy atom. The number of pyridine rings is 1. The van der Waals surface area contributed by atoms with Gasteiger partial charge in [0.1, 0.15) is 17.4 Å². The number of aliphatic imine (C=N–C) groups is 1. The number of hydrogen-bond acceptors (Lipinski definition) is 9. The molecule has 1 aliphatic heterocycles. The van der Waals surface area contributed by atoms with Gasteiger partial charge >= 0.3 is 0 Å². The van der Waals surface area contributed by atoms with E-state index in [1.807, 2.05) is 0 Å². The van der Waals surface area contributed by atoms with Gasteiger partial charge in [0.15, 0.2) is 0 Å². The maximum absolute atomic E-state index is 14.2. The van der Waals surface area contributed by atoms with E-state index in [-0.39, 0.29) is 36.6 Å². The summed E-state index contributed by atoms with van der Waals surface area (Å²) in [5.74, 6) is -3.93. The van der Waals surface area contributed by atoms with Crippen LogP contribution >= 0.6 is 0 Å². The van der Waals surface area contributed by atoms with Gasteiger partial charge < -0.3 is 21.1 Å². The first kappa shape index (κ1) is 31.6. The van der Waals surface area contributed by atoms with Gasteiger partial charge in [0.25, 0.3) is 17.7 Å². The van der Waals surface area contributed by atoms with Crippen LogP contribution in [0.3, 0.4) is 0 Å². The monoisotopic (exact) mass is 594 g/mol. The Bertz CT molecular complexity index is 1390. The molecule has 3 heterocycles. The lowest BCUT2D eigenvalue weighted by atomic mass is 9.85. The van der Waals surface area contributed by atoms with E-state index in [1.165, 1.54) is 35.1 Å². The number of ketones is 1. The molecule has 4 rings (SSSR count). The number of aromatic nitrogens is 4. The van der Waals surface area contributed by atoms with Crippen LogP contribution in [0.15, 0.2) is 35.7 Å². The van der Waals surface area contributed by atoms with Crippen LogP contribution < -0.4 is 11.1 Å². The number of Topliss-reactive ketones (excluding diaryl/α,β-unsaturated/α-hetero) is 1. The van der Waals surface area contributed by atoms with E-state index in [1.54, 1.807) is 26.0 Å². The lowest BCUT2D eigenvalue weighted by Gasteiger charge is -2.27. The van der Waals surface area contributed by atoms with Gasteiger partial charge in [0, 0.05) is 25.4 Å². The lowest BCUT2D eigenvalue weighted by molar-refractivity contribution is -0.139. The minimum absolute atomic E-state index is 0.00766. The minimum Gasteiger partial charge on any atom is -0.384 e. The highest BCUT2D eigenvalue weighted by Crippen LogP contribution is 2.33. The number of nitrogens with zero attached hydrogens (tertiary/aromatic N) is 6. The number of aliphatic hydroxyl groups is 1. The Balaban J connectivity index is 1.69. The van der Waals surface area contributed by atoms with Gasteiger partial charge in [-0.05, 0) is 45.2 Å². The number of carbonyl (C=O) groups excluding carboxylic acids is 5. The van der Waals surface area contributed by atoms with Gasteiger partial charge in [-0.1, -0.05) is 37.3 Å². The molecule has 14 heteroatoms. The Labute approximate surface area is 249 Å². The smallest absolute Gasteiger partial charge is 0.287 e. The van der Waals surface area contributed by atoms with E-state index in [0.29, 0.717) is 5.69 Å². The molecule has 0 aromatic carbocycles. The van der Waals surface area contributed by atoms with E-state index in [0.717, 1.165) is 32.1 Å². The summed E-state index contributed by atoms with van der Waals surface area (Å²) >= 11 is 0. The van der Waals surface area contributed by atoms with E-state index in [4.69, 9.17) is 5.73 Å². The number of likely N-dealkylation sites (tertiary alicyclic amines) is 1. The standard InChI is InChI=1S/C29H38N8O6/c1-17(24(38)25(30)39)33-27(41)22-13-20(37-23(15-32-35-37)29(2,3)43)16-36(22)28(42)21(12-18-8-5-4-6-9-18)34-26(40)19-10-7-11-31-14-19/h7,10-11,14-15,17-18,20,22,43H,4-6,8-9,12-13,16H2,1-3H3,(H2,30,39)(H,33,41)/t17?,20-,22-/m0/s1. The van der Waals surface area contributed by atoms with E-state index < -0.39 is 53.1 Å². The third-order valence-corrected chi connectivity index (χ3v) is 7.98. The molecule has 43 heavy (non-hydrogen) atoms. The highest BCUT2D eigenvalue weighted by atomic mass is 16.3. The van der Waals surface area contributed by atoms with Crippen molar-refractivity contribution in [2.24, 2.45) is 16.6 Å². The number of carbonyl (C=O) groups is 5. The first-order valence-corrected chi connectivity index (χ1v) is 14.5. The molecular weight excluding hydrogens is 556 g/mol. The number of hydrogen-bond donors (Lipinski definition) is 3. The van der Waals surface area contributed by atoms with Gasteiger partial charge in [-0.3, -0.25) is 29.0 Å². The molecular formula is C29H38N8O6. The van der Waals surface area contributed by atoms with Crippen LogP contribution in [0.2, 0.25) is 0 Å². The number of amides is 4. The third kappa shape index (κ3) is 7.55. The van der Waals surface area contributed by atoms with Gasteiger partial charge in [0.2, 0.25) is 11.7 Å². The topological polar surface area (TPSA) is 203 Å². The van der Waals surface area contributed by atoms with Crippen molar-refractivity contribution in [1.29, 1.82) is 0 Å². The third-order valence-electron chi connectivity index (χ3n) is 7.98. The predicted octanol–water partition coefficient (Wildman–Crippen LogP) is 0.853. The Hall–Kier alpha value is -4.33. The summed E-state index contributed by atoms with van der Waals surface area (Å²) in [6, 6.07) is 0.259. The summed E-state index contributed by atoms with van der Waals surface area (Å²) in [6.07, 6.45) is 9.54. The highest BCUT2D eigenvalue weighted by Gasteiger charge is 2.44. The van der Waals surface area contributed by atoms with Gasteiger partial charge in [-0.2, -0.15) is 0 Å². The van der Waals surface area contributed by atoms with Crippen molar-refractivity contribution in [3.05, 3.63) is 42.0 Å². The van der Waals surface area contributed by atoms with Crippen LogP contribution in [0.1, 0.15) is 87.8 Å². The first-order valence-electron chi connectivity index (χ1n) is 14.5. The molecule has 1 unspecified atom stereocenters. The molecule has 2 aliphatic rings. The Kier molecular flexibility index (Phi) is 9.79. The van der Waals surface area contributed by atoms with E-state index in [9.17, 15) is 29.1 Å². The van der Waals surface area contributed by atoms with Crippen LogP contribution in [0.4, 0.5) is 0 Å². The van der Waals surface area contributed by atoms with Gasteiger partial charge in [-0.15, -0.1) is 5.10 Å². The molecule has 0 spiro atoms. The molecule has 0 radical (unpaired) electrons. The molecule has 0 bridgehead atoms. The molecule has 1 saturated carbocycles. The second kappa shape index (κ2) is 13.3. The molecule has 230 valence electrons. The average Bonchev–Trinajstić information content (AvgIpc) is 3.65. The zero-order valence-electron chi connectivity index (χ0n) is 24.6. The van der Waals surface area contributed by atoms with Gasteiger partial charge in [-0.25, -0.2) is 9.67 Å². The average molecular weight is 595 g/mol. The van der Waals surface area contributed by atoms with E-state index in [2.05, 4.69) is 25.6 Å². The maximum Gasteiger partial charge on any atom is 0.287 e. The highest BCUT2D eigenvalue weighted by molar-refractivity contribution is 6.41. The fourth-order valence-corrected chi connectivity index (χ4v) is 5.69. The van der Waals surface area contributed by atoms with Crippen molar-refractivity contribution in [2.75, 3.05) is 6.54 Å². The fraction of sp³-hybridized carbons (Fsp3) is 0.552. The molecule has 2 aromatic rings. The molecule has 4 N–H and O–H groups in total. The summed E-state index contributed by atoms with van der Waals surface area (Å²) in [5, 5.41) is 21.2. The molecule has 2 aromatic heterocycles. The number of rotatable bonds is 10. The van der Waals surface area contributed by atoms with Crippen molar-refractivity contribution in [3.8, 4) is 0 Å². The molecule has 4 amide bonds. The molecule has 1 saturated heterocycles. The largest absolute Gasteiger partial charge is 0.384 e. The second-order valence-electron chi connectivity index (χ2n) is 11.8. The van der Waals surface area contributed by atoms with Crippen molar-refractivity contribution in [2.45, 2.75) is 89.4 Å². The van der Waals surface area contributed by atoms with E-state index >= 15 is 0 Å². The van der Waals surface area contributed by atoms with Crippen molar-refractivity contribution in [1.82, 2.24) is 30.2 Å². The quantitative estimate of drug-likeness (QED) is 0.263. The summed E-state index contributed by atoms with van der Waals surface area (Å²) in [6.45, 7) is 4.46. The fourth-order valence-electron chi connectivity index (χ4n) is 5.69. The number of nitrogens with one attached hydrogen (secondary N) is 1. The second-order valence-corrected chi connectivity index (χ2v) is 11.8. The normalized spacial score (nSPS) is 20.5. The lowest BCUT2D eigenvalue weighted by Crippen LogP contribution is -2.52. The first-order chi connectivity index (χ1) is 20.4. The van der Waals surface area contributed by atoms with Crippen LogP contribution in [-0.4, -0.2) is 83.7 Å². The number of primary amides is 1. The van der Waals surface area contributed by atoms with Crippen LogP contribution in [-0.2, 0) is 24.8 Å². The molecule has 14 nitrogen and oxygen atoms in total. The molecule has 3 atom stereocenters. The summed E-state index contributed by atoms with van der Waals surface area (Å²) < 4.78 is 1.48. The van der Waals surface area contributed by atoms with Crippen LogP contribution in [0.5, 0.6) is 0 Å². The SMILES string of the molecule is CC(NC(=O)[C@@H]1C[C@H](n2nncc2C(C)(C)O)CN1C(=O)C(CC1CCCCC1)=NC(=O)c1cccnc1)C(=O)C(N)=O. The zero-order valence-corrected chi connectivity index (χ0v) is 24.6. The minimum atomic E-state index is -1.31. The number of nitrogens with two attached hydrogens (primary N) is 1. The van der Waals surface area contributed by atoms with Crippen molar-refractivity contribution < 1.29 is 29.1 Å². The summed E-state index contributed by atoms with van der Waals surface area (Å²) in [5.41, 5.74) is 4.43. The Morgan fingerprint density at radius 1 is 1.16 bits per heavy atom. The predicted molar refractivity (Wildman–Crippen MR) is 153 cm³/mol. The van der Waals surface area contributed by atoms with Crippen molar-refractivity contribution in [3.63, 3.8) is 0 Å². The summed E-state index contributed by atoms with van der Waals surface area (Å²) in [7, 11) is 0. The molecule has 1 aliphatic carbocycles. The molecule has 2 fully saturated rings.